The molecule has 220 valence electrons. The summed E-state index contributed by atoms with van der Waals surface area (Å²) < 4.78 is 27.0. The summed E-state index contributed by atoms with van der Waals surface area (Å²) in [7, 11) is -3.92. The van der Waals surface area contributed by atoms with Crippen LogP contribution in [-0.2, 0) is 32.6 Å². The Labute approximate surface area is 257 Å². The Hall–Kier alpha value is -2.78. The number of carbonyl (C=O) groups is 2. The molecule has 0 radical (unpaired) electrons. The minimum atomic E-state index is -3.92. The van der Waals surface area contributed by atoms with E-state index >= 15 is 0 Å². The van der Waals surface area contributed by atoms with Gasteiger partial charge in [0.05, 0.1) is 11.9 Å². The molecule has 0 aliphatic rings. The van der Waals surface area contributed by atoms with Crippen LogP contribution in [-0.4, -0.2) is 49.5 Å². The van der Waals surface area contributed by atoms with Crippen molar-refractivity contribution in [2.24, 2.45) is 0 Å². The highest BCUT2D eigenvalue weighted by molar-refractivity contribution is 7.92. The molecule has 3 aromatic carbocycles. The van der Waals surface area contributed by atoms with Crippen molar-refractivity contribution in [2.45, 2.75) is 52.2 Å². The van der Waals surface area contributed by atoms with Crippen LogP contribution in [0.3, 0.4) is 0 Å². The molecule has 0 aliphatic carbocycles. The second-order valence-electron chi connectivity index (χ2n) is 10.9. The zero-order chi connectivity index (χ0) is 30.5. The van der Waals surface area contributed by atoms with Crippen molar-refractivity contribution in [3.63, 3.8) is 0 Å². The number of nitrogens with one attached hydrogen (secondary N) is 1. The molecule has 0 fully saturated rings. The molecule has 0 aromatic heterocycles. The van der Waals surface area contributed by atoms with Gasteiger partial charge in [0.25, 0.3) is 0 Å². The van der Waals surface area contributed by atoms with Crippen molar-refractivity contribution >= 4 is 62.3 Å². The van der Waals surface area contributed by atoms with Gasteiger partial charge in [-0.25, -0.2) is 8.42 Å². The van der Waals surface area contributed by atoms with Crippen molar-refractivity contribution in [2.75, 3.05) is 17.1 Å². The van der Waals surface area contributed by atoms with Crippen LogP contribution in [0.4, 0.5) is 5.69 Å². The minimum Gasteiger partial charge on any atom is -0.350 e. The molecule has 1 unspecified atom stereocenters. The van der Waals surface area contributed by atoms with Gasteiger partial charge in [-0.2, -0.15) is 0 Å². The van der Waals surface area contributed by atoms with Crippen LogP contribution in [0, 0.1) is 6.92 Å². The maximum atomic E-state index is 14.2. The van der Waals surface area contributed by atoms with Crippen molar-refractivity contribution < 1.29 is 18.0 Å². The van der Waals surface area contributed by atoms with Crippen LogP contribution in [0.25, 0.3) is 0 Å². The molecule has 41 heavy (non-hydrogen) atoms. The number of benzene rings is 3. The molecule has 1 N–H and O–H groups in total. The van der Waals surface area contributed by atoms with Crippen molar-refractivity contribution in [1.29, 1.82) is 0 Å². The predicted molar refractivity (Wildman–Crippen MR) is 167 cm³/mol. The molecule has 0 heterocycles. The normalized spacial score (nSPS) is 12.5. The van der Waals surface area contributed by atoms with E-state index in [0.29, 0.717) is 26.2 Å². The quantitative estimate of drug-likeness (QED) is 0.283. The molecule has 7 nitrogen and oxygen atoms in total. The molecular formula is C30H34Cl3N3O4S. The Balaban J connectivity index is 2.13. The van der Waals surface area contributed by atoms with Gasteiger partial charge in [-0.15, -0.1) is 0 Å². The summed E-state index contributed by atoms with van der Waals surface area (Å²) in [5.74, 6) is -0.976. The lowest BCUT2D eigenvalue weighted by molar-refractivity contribution is -0.140. The Bertz CT molecular complexity index is 1510. The van der Waals surface area contributed by atoms with Gasteiger partial charge in [0.15, 0.2) is 0 Å². The fourth-order valence-electron chi connectivity index (χ4n) is 4.30. The van der Waals surface area contributed by atoms with Crippen molar-refractivity contribution in [1.82, 2.24) is 10.2 Å². The monoisotopic (exact) mass is 637 g/mol. The number of hydrogen-bond donors (Lipinski definition) is 1. The Morgan fingerprint density at radius 3 is 2.17 bits per heavy atom. The van der Waals surface area contributed by atoms with E-state index in [4.69, 9.17) is 34.8 Å². The lowest BCUT2D eigenvalue weighted by Gasteiger charge is -2.35. The summed E-state index contributed by atoms with van der Waals surface area (Å²) in [5.41, 5.74) is 1.57. The number of hydrogen-bond acceptors (Lipinski definition) is 4. The first-order valence-electron chi connectivity index (χ1n) is 12.9. The zero-order valence-electron chi connectivity index (χ0n) is 23.6. The van der Waals surface area contributed by atoms with Crippen molar-refractivity contribution in [3.8, 4) is 0 Å². The molecule has 0 aliphatic heterocycles. The molecule has 0 saturated heterocycles. The van der Waals surface area contributed by atoms with E-state index in [1.54, 1.807) is 43.3 Å². The summed E-state index contributed by atoms with van der Waals surface area (Å²) in [4.78, 5) is 29.3. The van der Waals surface area contributed by atoms with Crippen LogP contribution in [0.15, 0.2) is 66.7 Å². The van der Waals surface area contributed by atoms with Gasteiger partial charge in [-0.05, 0) is 68.7 Å². The summed E-state index contributed by atoms with van der Waals surface area (Å²) >= 11 is 18.9. The number of halogens is 3. The predicted octanol–water partition coefficient (Wildman–Crippen LogP) is 6.28. The van der Waals surface area contributed by atoms with E-state index in [1.165, 1.54) is 4.90 Å². The first kappa shape index (κ1) is 32.7. The van der Waals surface area contributed by atoms with Crippen LogP contribution >= 0.6 is 34.8 Å². The summed E-state index contributed by atoms with van der Waals surface area (Å²) in [6.45, 7) is 6.61. The first-order chi connectivity index (χ1) is 19.1. The number of nitrogens with zero attached hydrogens (tertiary/aromatic N) is 2. The highest BCUT2D eigenvalue weighted by Gasteiger charge is 2.35. The van der Waals surface area contributed by atoms with E-state index < -0.39 is 34.1 Å². The molecule has 0 bridgehead atoms. The van der Waals surface area contributed by atoms with Gasteiger partial charge < -0.3 is 10.2 Å². The summed E-state index contributed by atoms with van der Waals surface area (Å²) in [6, 6.07) is 18.0. The topological polar surface area (TPSA) is 86.8 Å². The van der Waals surface area contributed by atoms with E-state index in [9.17, 15) is 18.0 Å². The van der Waals surface area contributed by atoms with Gasteiger partial charge in [0.2, 0.25) is 21.8 Å². The molecule has 11 heteroatoms. The maximum absolute atomic E-state index is 14.2. The first-order valence-corrected chi connectivity index (χ1v) is 15.9. The second-order valence-corrected chi connectivity index (χ2v) is 14.0. The molecule has 2 amide bonds. The standard InChI is InChI=1S/C30H34Cl3N3O4S/c1-20-24(32)12-9-13-26(20)36(41(5,39)40)19-28(37)35(18-22-14-15-23(31)17-25(22)33)27(29(38)34-30(2,3)4)16-21-10-7-6-8-11-21/h6-15,17,27H,16,18-19H2,1-5H3,(H,34,38). The van der Waals surface area contributed by atoms with Crippen molar-refractivity contribution in [3.05, 3.63) is 98.5 Å². The summed E-state index contributed by atoms with van der Waals surface area (Å²) in [5, 5.41) is 4.08. The van der Waals surface area contributed by atoms with Crippen LogP contribution in [0.2, 0.25) is 15.1 Å². The van der Waals surface area contributed by atoms with Crippen LogP contribution in [0.1, 0.15) is 37.5 Å². The third kappa shape index (κ3) is 9.10. The van der Waals surface area contributed by atoms with E-state index in [-0.39, 0.29) is 24.6 Å². The summed E-state index contributed by atoms with van der Waals surface area (Å²) in [6.07, 6.45) is 1.21. The number of amides is 2. The number of carbonyl (C=O) groups excluding carboxylic acids is 2. The molecule has 3 aromatic rings. The van der Waals surface area contributed by atoms with Crippen LogP contribution < -0.4 is 9.62 Å². The number of rotatable bonds is 10. The van der Waals surface area contributed by atoms with Gasteiger partial charge in [0, 0.05) is 33.6 Å². The molecule has 0 saturated carbocycles. The van der Waals surface area contributed by atoms with Gasteiger partial charge >= 0.3 is 0 Å². The molecule has 0 spiro atoms. The smallest absolute Gasteiger partial charge is 0.244 e. The van der Waals surface area contributed by atoms with Gasteiger partial charge in [-0.1, -0.05) is 77.3 Å². The number of sulfonamides is 1. The van der Waals surface area contributed by atoms with Gasteiger partial charge in [0.1, 0.15) is 12.6 Å². The lowest BCUT2D eigenvalue weighted by Crippen LogP contribution is -2.56. The molecule has 1 atom stereocenters. The second kappa shape index (κ2) is 13.5. The average Bonchev–Trinajstić information content (AvgIpc) is 2.86. The highest BCUT2D eigenvalue weighted by Crippen LogP contribution is 2.29. The maximum Gasteiger partial charge on any atom is 0.244 e. The molecular weight excluding hydrogens is 605 g/mol. The lowest BCUT2D eigenvalue weighted by atomic mass is 10.0. The third-order valence-corrected chi connectivity index (χ3v) is 8.43. The third-order valence-electron chi connectivity index (χ3n) is 6.31. The number of anilines is 1. The Morgan fingerprint density at radius 2 is 1.59 bits per heavy atom. The largest absolute Gasteiger partial charge is 0.350 e. The highest BCUT2D eigenvalue weighted by atomic mass is 35.5. The minimum absolute atomic E-state index is 0.0595. The SMILES string of the molecule is Cc1c(Cl)cccc1N(CC(=O)N(Cc1ccc(Cl)cc1Cl)C(Cc1ccccc1)C(=O)NC(C)(C)C)S(C)(=O)=O. The van der Waals surface area contributed by atoms with E-state index in [1.807, 2.05) is 51.1 Å². The Kier molecular flexibility index (Phi) is 10.7. The Morgan fingerprint density at radius 1 is 0.927 bits per heavy atom. The zero-order valence-corrected chi connectivity index (χ0v) is 26.7. The van der Waals surface area contributed by atoms with E-state index in [0.717, 1.165) is 16.1 Å². The van der Waals surface area contributed by atoms with E-state index in [2.05, 4.69) is 5.32 Å². The van der Waals surface area contributed by atoms with Crippen LogP contribution in [0.5, 0.6) is 0 Å². The fraction of sp³-hybridized carbons (Fsp3) is 0.333. The molecule has 3 rings (SSSR count). The fourth-order valence-corrected chi connectivity index (χ4v) is 5.84. The van der Waals surface area contributed by atoms with Gasteiger partial charge in [-0.3, -0.25) is 13.9 Å². The average molecular weight is 639 g/mol.